The maximum absolute atomic E-state index is 12.7. The third kappa shape index (κ3) is 3.97. The Bertz CT molecular complexity index is 1220. The molecule has 3 aromatic rings. The summed E-state index contributed by atoms with van der Waals surface area (Å²) in [5.41, 5.74) is 3.83. The molecule has 4 rings (SSSR count). The number of aliphatic hydroxyl groups is 1. The van der Waals surface area contributed by atoms with Crippen LogP contribution >= 0.6 is 11.6 Å². The molecule has 0 saturated carbocycles. The van der Waals surface area contributed by atoms with Gasteiger partial charge in [-0.25, -0.2) is 4.79 Å². The van der Waals surface area contributed by atoms with Crippen molar-refractivity contribution in [2.24, 2.45) is 0 Å². The van der Waals surface area contributed by atoms with Crippen LogP contribution < -0.4 is 5.32 Å². The van der Waals surface area contributed by atoms with Gasteiger partial charge >= 0.3 is 5.97 Å². The molecule has 0 saturated heterocycles. The Morgan fingerprint density at radius 3 is 2.71 bits per heavy atom. The summed E-state index contributed by atoms with van der Waals surface area (Å²) in [5, 5.41) is 21.8. The number of methoxy groups -OCH3 is 1. The van der Waals surface area contributed by atoms with E-state index in [0.29, 0.717) is 21.7 Å². The molecule has 0 aliphatic carbocycles. The molecular formula is C21H20ClN5O4. The molecule has 10 heteroatoms. The van der Waals surface area contributed by atoms with Crippen molar-refractivity contribution < 1.29 is 19.4 Å². The van der Waals surface area contributed by atoms with Crippen LogP contribution in [-0.4, -0.2) is 63.7 Å². The van der Waals surface area contributed by atoms with Crippen molar-refractivity contribution in [3.05, 3.63) is 58.3 Å². The van der Waals surface area contributed by atoms with E-state index >= 15 is 0 Å². The quantitative estimate of drug-likeness (QED) is 0.563. The summed E-state index contributed by atoms with van der Waals surface area (Å²) in [4.78, 5) is 27.7. The first-order valence-electron chi connectivity index (χ1n) is 9.53. The van der Waals surface area contributed by atoms with Crippen molar-refractivity contribution in [2.45, 2.75) is 6.92 Å². The number of anilines is 1. The van der Waals surface area contributed by atoms with Crippen LogP contribution in [-0.2, 0) is 14.3 Å². The highest BCUT2D eigenvalue weighted by Gasteiger charge is 2.34. The Morgan fingerprint density at radius 1 is 1.23 bits per heavy atom. The standard InChI is InChI=1S/C21H20ClN5O4/c1-12-3-5-14(10-16(12)22)27-24-17-6-4-13(9-18(17)25-27)23-19-15(21(30)31-2)11-26(7-8-28)20(19)29/h3-6,9-10,23,28H,7-8,11H2,1-2H3. The van der Waals surface area contributed by atoms with E-state index in [1.54, 1.807) is 24.3 Å². The molecule has 1 aliphatic rings. The van der Waals surface area contributed by atoms with Gasteiger partial charge in [-0.2, -0.15) is 4.80 Å². The Labute approximate surface area is 182 Å². The highest BCUT2D eigenvalue weighted by atomic mass is 35.5. The van der Waals surface area contributed by atoms with Crippen molar-refractivity contribution in [2.75, 3.05) is 32.1 Å². The number of carbonyl (C=O) groups excluding carboxylic acids is 2. The SMILES string of the molecule is COC(=O)C1=C(Nc2ccc3nn(-c4ccc(C)c(Cl)c4)nc3c2)C(=O)N(CCO)C1. The van der Waals surface area contributed by atoms with Gasteiger partial charge in [0, 0.05) is 17.3 Å². The van der Waals surface area contributed by atoms with Crippen molar-refractivity contribution in [3.8, 4) is 5.69 Å². The van der Waals surface area contributed by atoms with Crippen molar-refractivity contribution in [3.63, 3.8) is 0 Å². The van der Waals surface area contributed by atoms with Crippen molar-refractivity contribution in [1.29, 1.82) is 0 Å². The van der Waals surface area contributed by atoms with Crippen LogP contribution in [0.2, 0.25) is 5.02 Å². The van der Waals surface area contributed by atoms with E-state index in [1.807, 2.05) is 19.1 Å². The molecule has 1 aliphatic heterocycles. The molecule has 0 bridgehead atoms. The maximum atomic E-state index is 12.7. The van der Waals surface area contributed by atoms with E-state index in [4.69, 9.17) is 16.3 Å². The number of nitrogens with zero attached hydrogens (tertiary/aromatic N) is 4. The number of aromatic nitrogens is 3. The van der Waals surface area contributed by atoms with Crippen LogP contribution in [0.5, 0.6) is 0 Å². The van der Waals surface area contributed by atoms with Crippen molar-refractivity contribution in [1.82, 2.24) is 19.9 Å². The second kappa shape index (κ2) is 8.37. The molecule has 2 N–H and O–H groups in total. The van der Waals surface area contributed by atoms with E-state index < -0.39 is 5.97 Å². The Balaban J connectivity index is 1.65. The second-order valence-corrected chi connectivity index (χ2v) is 7.45. The minimum Gasteiger partial charge on any atom is -0.466 e. The normalized spacial score (nSPS) is 13.9. The fraction of sp³-hybridized carbons (Fsp3) is 0.238. The third-order valence-corrected chi connectivity index (χ3v) is 5.40. The number of halogens is 1. The van der Waals surface area contributed by atoms with Gasteiger partial charge in [0.1, 0.15) is 16.7 Å². The molecule has 0 spiro atoms. The Hall–Kier alpha value is -3.43. The number of aryl methyl sites for hydroxylation is 1. The molecule has 0 unspecified atom stereocenters. The highest BCUT2D eigenvalue weighted by Crippen LogP contribution is 2.25. The predicted molar refractivity (Wildman–Crippen MR) is 115 cm³/mol. The number of fused-ring (bicyclic) bond motifs is 1. The Kier molecular flexibility index (Phi) is 5.62. The molecule has 160 valence electrons. The first kappa shape index (κ1) is 20.8. The summed E-state index contributed by atoms with van der Waals surface area (Å²) in [6.07, 6.45) is 0. The number of ether oxygens (including phenoxy) is 1. The predicted octanol–water partition coefficient (Wildman–Crippen LogP) is 2.06. The van der Waals surface area contributed by atoms with E-state index in [9.17, 15) is 14.7 Å². The second-order valence-electron chi connectivity index (χ2n) is 7.05. The monoisotopic (exact) mass is 441 g/mol. The molecule has 31 heavy (non-hydrogen) atoms. The molecule has 2 aromatic carbocycles. The highest BCUT2D eigenvalue weighted by molar-refractivity contribution is 6.31. The van der Waals surface area contributed by atoms with E-state index in [0.717, 1.165) is 11.3 Å². The van der Waals surface area contributed by atoms with Gasteiger partial charge in [-0.1, -0.05) is 17.7 Å². The minimum atomic E-state index is -0.598. The van der Waals surface area contributed by atoms with Gasteiger partial charge in [-0.3, -0.25) is 4.79 Å². The number of hydrogen-bond donors (Lipinski definition) is 2. The molecule has 0 atom stereocenters. The van der Waals surface area contributed by atoms with Crippen LogP contribution in [0, 0.1) is 6.92 Å². The zero-order valence-electron chi connectivity index (χ0n) is 16.9. The largest absolute Gasteiger partial charge is 0.466 e. The molecule has 9 nitrogen and oxygen atoms in total. The number of esters is 1. The fourth-order valence-electron chi connectivity index (χ4n) is 3.31. The van der Waals surface area contributed by atoms with Gasteiger partial charge in [0.05, 0.1) is 31.5 Å². The number of aliphatic hydroxyl groups excluding tert-OH is 1. The first-order chi connectivity index (χ1) is 14.9. The van der Waals surface area contributed by atoms with Gasteiger partial charge in [0.15, 0.2) is 0 Å². The van der Waals surface area contributed by atoms with Gasteiger partial charge in [0.25, 0.3) is 5.91 Å². The number of amides is 1. The smallest absolute Gasteiger partial charge is 0.337 e. The lowest BCUT2D eigenvalue weighted by Gasteiger charge is -2.14. The lowest BCUT2D eigenvalue weighted by Crippen LogP contribution is -2.31. The molecule has 0 radical (unpaired) electrons. The molecular weight excluding hydrogens is 422 g/mol. The van der Waals surface area contributed by atoms with E-state index in [1.165, 1.54) is 16.8 Å². The summed E-state index contributed by atoms with van der Waals surface area (Å²) >= 11 is 6.21. The molecule has 0 fully saturated rings. The molecule has 1 aromatic heterocycles. The lowest BCUT2D eigenvalue weighted by molar-refractivity contribution is -0.136. The fourth-order valence-corrected chi connectivity index (χ4v) is 3.48. The summed E-state index contributed by atoms with van der Waals surface area (Å²) in [6, 6.07) is 10.8. The van der Waals surface area contributed by atoms with Crippen LogP contribution in [0.4, 0.5) is 5.69 Å². The van der Waals surface area contributed by atoms with Gasteiger partial charge < -0.3 is 20.1 Å². The summed E-state index contributed by atoms with van der Waals surface area (Å²) in [6.45, 7) is 1.91. The average molecular weight is 442 g/mol. The van der Waals surface area contributed by atoms with Crippen LogP contribution in [0.15, 0.2) is 47.7 Å². The van der Waals surface area contributed by atoms with Crippen molar-refractivity contribution >= 4 is 40.2 Å². The minimum absolute atomic E-state index is 0.0704. The number of β-amino-alcohol motifs (C(OH)–C–C–N with tert-alkyl or cyclic N) is 1. The van der Waals surface area contributed by atoms with E-state index in [-0.39, 0.29) is 36.9 Å². The van der Waals surface area contributed by atoms with Gasteiger partial charge in [0.2, 0.25) is 0 Å². The lowest BCUT2D eigenvalue weighted by atomic mass is 10.2. The summed E-state index contributed by atoms with van der Waals surface area (Å²) < 4.78 is 4.80. The number of carbonyl (C=O) groups is 2. The van der Waals surface area contributed by atoms with Crippen LogP contribution in [0.25, 0.3) is 16.7 Å². The zero-order valence-corrected chi connectivity index (χ0v) is 17.7. The van der Waals surface area contributed by atoms with Crippen LogP contribution in [0.1, 0.15) is 5.56 Å². The van der Waals surface area contributed by atoms with Gasteiger partial charge in [-0.05, 0) is 42.8 Å². The molecule has 1 amide bonds. The van der Waals surface area contributed by atoms with Gasteiger partial charge in [-0.15, -0.1) is 10.2 Å². The summed E-state index contributed by atoms with van der Waals surface area (Å²) in [5.74, 6) is -0.980. The number of hydrogen-bond acceptors (Lipinski definition) is 7. The Morgan fingerprint density at radius 2 is 2.00 bits per heavy atom. The number of nitrogens with one attached hydrogen (secondary N) is 1. The van der Waals surface area contributed by atoms with E-state index in [2.05, 4.69) is 15.5 Å². The topological polar surface area (TPSA) is 110 Å². The third-order valence-electron chi connectivity index (χ3n) is 4.99. The number of rotatable bonds is 6. The summed E-state index contributed by atoms with van der Waals surface area (Å²) in [7, 11) is 1.26. The zero-order chi connectivity index (χ0) is 22.1. The number of benzene rings is 2. The van der Waals surface area contributed by atoms with Crippen LogP contribution in [0.3, 0.4) is 0 Å². The first-order valence-corrected chi connectivity index (χ1v) is 9.91. The molecule has 2 heterocycles. The maximum Gasteiger partial charge on any atom is 0.337 e. The average Bonchev–Trinajstić information content (AvgIpc) is 3.32.